The van der Waals surface area contributed by atoms with Crippen LogP contribution in [-0.2, 0) is 17.4 Å². The van der Waals surface area contributed by atoms with Gasteiger partial charge in [0, 0.05) is 17.4 Å². The Hall–Kier alpha value is -0.768. The molecule has 0 saturated carbocycles. The van der Waals surface area contributed by atoms with Crippen LogP contribution in [-0.4, -0.2) is 0 Å². The zero-order valence-corrected chi connectivity index (χ0v) is 16.7. The Morgan fingerprint density at radius 1 is 0.476 bits per heavy atom. The van der Waals surface area contributed by atoms with Gasteiger partial charge in [0.05, 0.1) is 0 Å². The summed E-state index contributed by atoms with van der Waals surface area (Å²) in [5.74, 6) is 0. The van der Waals surface area contributed by atoms with Crippen LogP contribution in [0.4, 0.5) is 0 Å². The summed E-state index contributed by atoms with van der Waals surface area (Å²) in [6.45, 7) is 22.0. The van der Waals surface area contributed by atoms with Crippen LogP contribution in [0.1, 0.15) is 55.6 Å². The fraction of sp³-hybridized carbons (Fsp3) is 0.500. The van der Waals surface area contributed by atoms with Crippen LogP contribution >= 0.6 is 0 Å². The molecule has 0 heterocycles. The van der Waals surface area contributed by atoms with E-state index in [0.29, 0.717) is 0 Å². The normalized spacial score (nSPS) is 10.0. The van der Waals surface area contributed by atoms with Crippen molar-refractivity contribution in [3.05, 3.63) is 55.6 Å². The van der Waals surface area contributed by atoms with E-state index in [2.05, 4.69) is 69.2 Å². The van der Waals surface area contributed by atoms with Gasteiger partial charge in [0.15, 0.2) is 0 Å². The predicted molar refractivity (Wildman–Crippen MR) is 91.4 cm³/mol. The van der Waals surface area contributed by atoms with Gasteiger partial charge in [-0.1, -0.05) is 34.6 Å². The molecule has 2 aromatic rings. The molecule has 1 heteroatoms. The number of hydrogen-bond donors (Lipinski definition) is 0. The minimum Gasteiger partial charge on any atom is -0.731 e. The molecule has 0 radical (unpaired) electrons. The summed E-state index contributed by atoms with van der Waals surface area (Å²) in [5.41, 5.74) is 14.7. The fourth-order valence-corrected chi connectivity index (χ4v) is 2.81. The maximum atomic E-state index is 2.20. The summed E-state index contributed by atoms with van der Waals surface area (Å²) in [4.78, 5) is 0. The Morgan fingerprint density at radius 2 is 0.667 bits per heavy atom. The van der Waals surface area contributed by atoms with Crippen molar-refractivity contribution in [2.24, 2.45) is 0 Å². The molecule has 0 bridgehead atoms. The largest absolute Gasteiger partial charge is 0.731 e. The number of hydrogen-bond acceptors (Lipinski definition) is 0. The zero-order valence-electron chi connectivity index (χ0n) is 15.4. The average Bonchev–Trinajstić information content (AvgIpc) is 2.71. The Kier molecular flexibility index (Phi) is 7.21. The Balaban J connectivity index is 0.000000364. The average molecular weight is 322 g/mol. The molecule has 2 aromatic carbocycles. The maximum Gasteiger partial charge on any atom is 0 e. The van der Waals surface area contributed by atoms with E-state index < -0.39 is 0 Å². The Labute approximate surface area is 142 Å². The Morgan fingerprint density at radius 3 is 0.762 bits per heavy atom. The van der Waals surface area contributed by atoms with E-state index in [1.54, 1.807) is 0 Å². The van der Waals surface area contributed by atoms with Crippen molar-refractivity contribution in [3.63, 3.8) is 0 Å². The third-order valence-electron chi connectivity index (χ3n) is 5.62. The second kappa shape index (κ2) is 7.48. The third-order valence-corrected chi connectivity index (χ3v) is 5.62. The third kappa shape index (κ3) is 3.71. The molecule has 0 unspecified atom stereocenters. The second-order valence-electron chi connectivity index (χ2n) is 6.25. The second-order valence-corrected chi connectivity index (χ2v) is 6.25. The first-order valence-electron chi connectivity index (χ1n) is 7.50. The maximum absolute atomic E-state index is 2.20. The summed E-state index contributed by atoms with van der Waals surface area (Å²) >= 11 is 0. The molecule has 0 nitrogen and oxygen atoms in total. The van der Waals surface area contributed by atoms with Crippen molar-refractivity contribution in [2.75, 3.05) is 0 Å². The van der Waals surface area contributed by atoms with Gasteiger partial charge in [0.2, 0.25) is 0 Å². The first kappa shape index (κ1) is 20.2. The van der Waals surface area contributed by atoms with Crippen LogP contribution in [0.2, 0.25) is 0 Å². The van der Waals surface area contributed by atoms with Gasteiger partial charge in [0.25, 0.3) is 0 Å². The molecule has 0 aliphatic rings. The van der Waals surface area contributed by atoms with Crippen molar-refractivity contribution >= 4 is 0 Å². The van der Waals surface area contributed by atoms with Gasteiger partial charge in [0.1, 0.15) is 0 Å². The molecule has 0 fully saturated rings. The SMILES string of the molecule is C[c-]1[c-](C)[c-](C)[c-](C)[c-]1C.Cc1c(C)c(C)[c-](C)c1C.[Cr]. The van der Waals surface area contributed by atoms with Crippen molar-refractivity contribution in [3.8, 4) is 0 Å². The summed E-state index contributed by atoms with van der Waals surface area (Å²) in [6.07, 6.45) is 0. The molecule has 0 N–H and O–H groups in total. The summed E-state index contributed by atoms with van der Waals surface area (Å²) in [6, 6.07) is 0. The quantitative estimate of drug-likeness (QED) is 0.530. The van der Waals surface area contributed by atoms with Crippen LogP contribution in [0.3, 0.4) is 0 Å². The van der Waals surface area contributed by atoms with Crippen LogP contribution in [0.15, 0.2) is 0 Å². The smallest absolute Gasteiger partial charge is 0 e. The molecule has 0 aliphatic heterocycles. The molecule has 21 heavy (non-hydrogen) atoms. The van der Waals surface area contributed by atoms with E-state index in [-0.39, 0.29) is 17.4 Å². The van der Waals surface area contributed by atoms with Gasteiger partial charge in [-0.3, -0.25) is 0 Å². The van der Waals surface area contributed by atoms with Crippen LogP contribution in [0.25, 0.3) is 0 Å². The molecule has 0 atom stereocenters. The van der Waals surface area contributed by atoms with Crippen molar-refractivity contribution < 1.29 is 17.4 Å². The van der Waals surface area contributed by atoms with E-state index in [4.69, 9.17) is 0 Å². The van der Waals surface area contributed by atoms with Gasteiger partial charge in [-0.15, -0.1) is 0 Å². The monoisotopic (exact) mass is 322 g/mol. The summed E-state index contributed by atoms with van der Waals surface area (Å²) in [5, 5.41) is 0. The zero-order chi connectivity index (χ0) is 15.8. The van der Waals surface area contributed by atoms with Gasteiger partial charge in [-0.05, 0) is 0 Å². The molecular weight excluding hydrogens is 292 g/mol. The van der Waals surface area contributed by atoms with Crippen molar-refractivity contribution in [1.29, 1.82) is 0 Å². The summed E-state index contributed by atoms with van der Waals surface area (Å²) in [7, 11) is 0. The van der Waals surface area contributed by atoms with E-state index in [1.165, 1.54) is 55.6 Å². The van der Waals surface area contributed by atoms with Gasteiger partial charge in [-0.25, -0.2) is 34.6 Å². The molecule has 122 valence electrons. The molecule has 0 amide bonds. The minimum atomic E-state index is 0. The van der Waals surface area contributed by atoms with Crippen LogP contribution in [0, 0.1) is 69.2 Å². The van der Waals surface area contributed by atoms with Gasteiger partial charge >= 0.3 is 0 Å². The standard InChI is InChI=1S/2C10H15.Cr/c2*1-6-7(2)9(4)10(5)8(6)3;/h2*1-5H3;/q-5;-1;. The van der Waals surface area contributed by atoms with Gasteiger partial charge in [-0.2, -0.15) is 27.8 Å². The number of rotatable bonds is 0. The molecule has 0 saturated heterocycles. The summed E-state index contributed by atoms with van der Waals surface area (Å²) < 4.78 is 0. The molecule has 0 aliphatic carbocycles. The van der Waals surface area contributed by atoms with Crippen LogP contribution in [0.5, 0.6) is 0 Å². The van der Waals surface area contributed by atoms with Crippen LogP contribution < -0.4 is 0 Å². The van der Waals surface area contributed by atoms with Gasteiger partial charge < -0.3 is 27.8 Å². The fourth-order valence-electron chi connectivity index (χ4n) is 2.81. The Bertz CT molecular complexity index is 404. The minimum absolute atomic E-state index is 0. The molecule has 2 rings (SSSR count). The van der Waals surface area contributed by atoms with E-state index >= 15 is 0 Å². The van der Waals surface area contributed by atoms with Crippen molar-refractivity contribution in [2.45, 2.75) is 69.2 Å². The van der Waals surface area contributed by atoms with E-state index in [9.17, 15) is 0 Å². The molecule has 0 spiro atoms. The predicted octanol–water partition coefficient (Wildman–Crippen LogP) is 5.89. The first-order chi connectivity index (χ1) is 9.11. The molecule has 0 aromatic heterocycles. The first-order valence-corrected chi connectivity index (χ1v) is 7.50. The van der Waals surface area contributed by atoms with Crippen molar-refractivity contribution in [1.82, 2.24) is 0 Å². The van der Waals surface area contributed by atoms with E-state index in [1.807, 2.05) is 0 Å². The van der Waals surface area contributed by atoms with E-state index in [0.717, 1.165) is 0 Å². The molecular formula is C20H30Cr-6. The topological polar surface area (TPSA) is 0 Å².